The molecule has 3 nitrogen and oxygen atoms in total. The Bertz CT molecular complexity index is 202. The van der Waals surface area contributed by atoms with E-state index in [0.29, 0.717) is 6.04 Å². The maximum atomic E-state index is 5.99. The van der Waals surface area contributed by atoms with Crippen molar-refractivity contribution in [3.05, 3.63) is 0 Å². The first-order valence-electron chi connectivity index (χ1n) is 7.14. The second-order valence-corrected chi connectivity index (χ2v) is 5.54. The SMILES string of the molecule is CCC1(CC)CC(NCCCN(C)C)CCO1. The van der Waals surface area contributed by atoms with Gasteiger partial charge in [-0.2, -0.15) is 0 Å². The molecule has 0 aromatic rings. The standard InChI is InChI=1S/C14H30N2O/c1-5-14(6-2)12-13(8-11-17-14)15-9-7-10-16(3)4/h13,15H,5-12H2,1-4H3. The summed E-state index contributed by atoms with van der Waals surface area (Å²) in [6.45, 7) is 7.72. The molecule has 0 bridgehead atoms. The summed E-state index contributed by atoms with van der Waals surface area (Å²) >= 11 is 0. The highest BCUT2D eigenvalue weighted by molar-refractivity contribution is 4.88. The van der Waals surface area contributed by atoms with E-state index in [1.54, 1.807) is 0 Å². The Hall–Kier alpha value is -0.120. The van der Waals surface area contributed by atoms with Crippen molar-refractivity contribution in [1.29, 1.82) is 0 Å². The van der Waals surface area contributed by atoms with Gasteiger partial charge in [0, 0.05) is 12.6 Å². The zero-order valence-corrected chi connectivity index (χ0v) is 12.1. The normalized spacial score (nSPS) is 24.2. The molecular formula is C14H30N2O. The smallest absolute Gasteiger partial charge is 0.0692 e. The van der Waals surface area contributed by atoms with Crippen molar-refractivity contribution < 1.29 is 4.74 Å². The number of nitrogens with zero attached hydrogens (tertiary/aromatic N) is 1. The molecule has 3 heteroatoms. The van der Waals surface area contributed by atoms with Crippen molar-refractivity contribution in [1.82, 2.24) is 10.2 Å². The Kier molecular flexibility index (Phi) is 6.45. The fourth-order valence-electron chi connectivity index (χ4n) is 2.65. The van der Waals surface area contributed by atoms with E-state index in [4.69, 9.17) is 4.74 Å². The lowest BCUT2D eigenvalue weighted by atomic mass is 9.86. The maximum Gasteiger partial charge on any atom is 0.0692 e. The van der Waals surface area contributed by atoms with Gasteiger partial charge < -0.3 is 15.0 Å². The molecule has 102 valence electrons. The van der Waals surface area contributed by atoms with Gasteiger partial charge in [0.05, 0.1) is 5.60 Å². The Labute approximate surface area is 107 Å². The molecule has 0 amide bonds. The van der Waals surface area contributed by atoms with Gasteiger partial charge in [-0.05, 0) is 59.3 Å². The molecule has 1 rings (SSSR count). The molecule has 1 fully saturated rings. The van der Waals surface area contributed by atoms with E-state index in [1.165, 1.54) is 25.8 Å². The quantitative estimate of drug-likeness (QED) is 0.693. The van der Waals surface area contributed by atoms with E-state index >= 15 is 0 Å². The molecule has 1 heterocycles. The van der Waals surface area contributed by atoms with Crippen molar-refractivity contribution >= 4 is 0 Å². The number of hydrogen-bond acceptors (Lipinski definition) is 3. The fraction of sp³-hybridized carbons (Fsp3) is 1.00. The van der Waals surface area contributed by atoms with Crippen molar-refractivity contribution in [3.63, 3.8) is 0 Å². The van der Waals surface area contributed by atoms with Crippen LogP contribution in [0.15, 0.2) is 0 Å². The first kappa shape index (κ1) is 14.9. The minimum atomic E-state index is 0.150. The van der Waals surface area contributed by atoms with Gasteiger partial charge >= 0.3 is 0 Å². The lowest BCUT2D eigenvalue weighted by molar-refractivity contribution is -0.0929. The molecule has 1 N–H and O–H groups in total. The van der Waals surface area contributed by atoms with E-state index in [1.807, 2.05) is 0 Å². The fourth-order valence-corrected chi connectivity index (χ4v) is 2.65. The van der Waals surface area contributed by atoms with Gasteiger partial charge in [0.25, 0.3) is 0 Å². The third kappa shape index (κ3) is 4.94. The van der Waals surface area contributed by atoms with Crippen LogP contribution in [0.4, 0.5) is 0 Å². The van der Waals surface area contributed by atoms with Crippen LogP contribution in [0, 0.1) is 0 Å². The molecule has 0 saturated carbocycles. The van der Waals surface area contributed by atoms with Gasteiger partial charge in [0.15, 0.2) is 0 Å². The van der Waals surface area contributed by atoms with Gasteiger partial charge in [0.2, 0.25) is 0 Å². The minimum Gasteiger partial charge on any atom is -0.375 e. The van der Waals surface area contributed by atoms with Crippen LogP contribution in [0.2, 0.25) is 0 Å². The van der Waals surface area contributed by atoms with Crippen LogP contribution in [0.25, 0.3) is 0 Å². The van der Waals surface area contributed by atoms with Crippen molar-refractivity contribution in [3.8, 4) is 0 Å². The zero-order chi connectivity index (χ0) is 12.7. The van der Waals surface area contributed by atoms with E-state index in [2.05, 4.69) is 38.2 Å². The lowest BCUT2D eigenvalue weighted by Crippen LogP contribution is -2.46. The molecule has 0 aromatic carbocycles. The van der Waals surface area contributed by atoms with Crippen molar-refractivity contribution in [2.75, 3.05) is 33.8 Å². The number of rotatable bonds is 7. The Morgan fingerprint density at radius 1 is 1.29 bits per heavy atom. The maximum absolute atomic E-state index is 5.99. The van der Waals surface area contributed by atoms with Gasteiger partial charge in [0.1, 0.15) is 0 Å². The van der Waals surface area contributed by atoms with Crippen molar-refractivity contribution in [2.45, 2.75) is 57.6 Å². The molecular weight excluding hydrogens is 212 g/mol. The Morgan fingerprint density at radius 3 is 2.59 bits per heavy atom. The molecule has 1 unspecified atom stereocenters. The van der Waals surface area contributed by atoms with Crippen LogP contribution in [-0.2, 0) is 4.74 Å². The molecule has 0 aliphatic carbocycles. The zero-order valence-electron chi connectivity index (χ0n) is 12.1. The second kappa shape index (κ2) is 7.34. The molecule has 1 aliphatic heterocycles. The lowest BCUT2D eigenvalue weighted by Gasteiger charge is -2.40. The van der Waals surface area contributed by atoms with Crippen LogP contribution >= 0.6 is 0 Å². The summed E-state index contributed by atoms with van der Waals surface area (Å²) in [5.74, 6) is 0. The Balaban J connectivity index is 2.25. The third-order valence-electron chi connectivity index (χ3n) is 4.00. The van der Waals surface area contributed by atoms with Crippen LogP contribution in [0.1, 0.15) is 46.0 Å². The molecule has 0 radical (unpaired) electrons. The minimum absolute atomic E-state index is 0.150. The van der Waals surface area contributed by atoms with E-state index < -0.39 is 0 Å². The van der Waals surface area contributed by atoms with E-state index in [9.17, 15) is 0 Å². The van der Waals surface area contributed by atoms with Gasteiger partial charge in [-0.25, -0.2) is 0 Å². The first-order valence-corrected chi connectivity index (χ1v) is 7.14. The molecule has 1 aliphatic rings. The molecule has 0 aromatic heterocycles. The topological polar surface area (TPSA) is 24.5 Å². The highest BCUT2D eigenvalue weighted by Gasteiger charge is 2.33. The molecule has 1 saturated heterocycles. The third-order valence-corrected chi connectivity index (χ3v) is 4.00. The summed E-state index contributed by atoms with van der Waals surface area (Å²) in [7, 11) is 4.27. The average Bonchev–Trinajstić information content (AvgIpc) is 2.34. The second-order valence-electron chi connectivity index (χ2n) is 5.54. The largest absolute Gasteiger partial charge is 0.375 e. The van der Waals surface area contributed by atoms with Crippen LogP contribution in [-0.4, -0.2) is 50.3 Å². The van der Waals surface area contributed by atoms with Crippen molar-refractivity contribution in [2.24, 2.45) is 0 Å². The average molecular weight is 242 g/mol. The highest BCUT2D eigenvalue weighted by atomic mass is 16.5. The predicted octanol–water partition coefficient (Wildman–Crippen LogP) is 2.27. The van der Waals surface area contributed by atoms with Crippen LogP contribution in [0.5, 0.6) is 0 Å². The summed E-state index contributed by atoms with van der Waals surface area (Å²) in [5.41, 5.74) is 0.150. The first-order chi connectivity index (χ1) is 8.12. The van der Waals surface area contributed by atoms with Gasteiger partial charge in [-0.1, -0.05) is 13.8 Å². The molecule has 1 atom stereocenters. The Morgan fingerprint density at radius 2 is 2.00 bits per heavy atom. The monoisotopic (exact) mass is 242 g/mol. The summed E-state index contributed by atoms with van der Waals surface area (Å²) < 4.78 is 5.99. The van der Waals surface area contributed by atoms with E-state index in [0.717, 1.165) is 26.0 Å². The predicted molar refractivity (Wildman–Crippen MR) is 73.5 cm³/mol. The van der Waals surface area contributed by atoms with E-state index in [-0.39, 0.29) is 5.60 Å². The van der Waals surface area contributed by atoms with Gasteiger partial charge in [-0.3, -0.25) is 0 Å². The summed E-state index contributed by atoms with van der Waals surface area (Å²) in [5, 5.41) is 3.69. The van der Waals surface area contributed by atoms with Crippen LogP contribution < -0.4 is 5.32 Å². The number of hydrogen-bond donors (Lipinski definition) is 1. The summed E-state index contributed by atoms with van der Waals surface area (Å²) in [6, 6.07) is 0.658. The van der Waals surface area contributed by atoms with Gasteiger partial charge in [-0.15, -0.1) is 0 Å². The van der Waals surface area contributed by atoms with Crippen LogP contribution in [0.3, 0.4) is 0 Å². The number of ether oxygens (including phenoxy) is 1. The molecule has 17 heavy (non-hydrogen) atoms. The highest BCUT2D eigenvalue weighted by Crippen LogP contribution is 2.31. The molecule has 0 spiro atoms. The number of nitrogens with one attached hydrogen (secondary N) is 1. The summed E-state index contributed by atoms with van der Waals surface area (Å²) in [6.07, 6.45) is 5.86. The summed E-state index contributed by atoms with van der Waals surface area (Å²) in [4.78, 5) is 2.24.